The molecule has 1 rings (SSSR count). The van der Waals surface area contributed by atoms with E-state index in [1.165, 1.54) is 12.1 Å². The molecule has 1 aromatic rings. The average molecular weight is 248 g/mol. The van der Waals surface area contributed by atoms with Crippen molar-refractivity contribution in [2.45, 2.75) is 26.8 Å². The Labute approximate surface area is 101 Å². The summed E-state index contributed by atoms with van der Waals surface area (Å²) in [5.41, 5.74) is 5.90. The Morgan fingerprint density at radius 3 is 1.75 bits per heavy atom. The van der Waals surface area contributed by atoms with Crippen LogP contribution in [0.5, 0.6) is 17.2 Å². The van der Waals surface area contributed by atoms with E-state index in [4.69, 9.17) is 10.8 Å². The molecule has 0 unspecified atom stereocenters. The Morgan fingerprint density at radius 1 is 1.06 bits per heavy atom. The molecule has 0 saturated heterocycles. The zero-order valence-corrected chi connectivity index (χ0v) is 10.4. The minimum atomic E-state index is -0.502. The minimum absolute atomic E-state index is 0. The number of phenolic OH excluding ortho intramolecular Hbond substituents is 3. The largest absolute Gasteiger partial charge is 0.508 e. The van der Waals surface area contributed by atoms with Crippen LogP contribution in [-0.4, -0.2) is 15.3 Å². The number of hydrogen-bond acceptors (Lipinski definition) is 4. The molecule has 0 spiro atoms. The molecule has 92 valence electrons. The predicted molar refractivity (Wildman–Crippen MR) is 65.1 cm³/mol. The monoisotopic (exact) mass is 247 g/mol. The maximum Gasteiger partial charge on any atom is 0.127 e. The topological polar surface area (TPSA) is 86.7 Å². The van der Waals surface area contributed by atoms with E-state index in [0.717, 1.165) is 0 Å². The predicted octanol–water partition coefficient (Wildman–Crippen LogP) is 2.27. The van der Waals surface area contributed by atoms with Crippen molar-refractivity contribution in [3.63, 3.8) is 0 Å². The Balaban J connectivity index is 0.00000225. The summed E-state index contributed by atoms with van der Waals surface area (Å²) in [5.74, 6) is -0.556. The van der Waals surface area contributed by atoms with Crippen LogP contribution in [-0.2, 0) is 0 Å². The molecule has 5 heteroatoms. The molecule has 16 heavy (non-hydrogen) atoms. The van der Waals surface area contributed by atoms with Crippen molar-refractivity contribution < 1.29 is 15.3 Å². The lowest BCUT2D eigenvalue weighted by Crippen LogP contribution is -2.26. The van der Waals surface area contributed by atoms with Gasteiger partial charge in [0, 0.05) is 18.2 Å². The van der Waals surface area contributed by atoms with Gasteiger partial charge in [0.25, 0.3) is 0 Å². The van der Waals surface area contributed by atoms with Crippen LogP contribution in [0.3, 0.4) is 0 Å². The van der Waals surface area contributed by atoms with Gasteiger partial charge in [-0.05, 0) is 5.41 Å². The van der Waals surface area contributed by atoms with E-state index in [1.54, 1.807) is 0 Å². The van der Waals surface area contributed by atoms with Gasteiger partial charge in [-0.15, -0.1) is 12.4 Å². The van der Waals surface area contributed by atoms with Gasteiger partial charge in [-0.25, -0.2) is 0 Å². The summed E-state index contributed by atoms with van der Waals surface area (Å²) >= 11 is 0. The minimum Gasteiger partial charge on any atom is -0.508 e. The highest BCUT2D eigenvalue weighted by Gasteiger charge is 2.27. The van der Waals surface area contributed by atoms with Gasteiger partial charge >= 0.3 is 0 Å². The van der Waals surface area contributed by atoms with E-state index in [0.29, 0.717) is 0 Å². The number of rotatable bonds is 1. The third-order valence-electron chi connectivity index (χ3n) is 2.37. The molecule has 1 atom stereocenters. The van der Waals surface area contributed by atoms with E-state index < -0.39 is 6.04 Å². The molecular formula is C11H18ClNO3. The molecule has 0 heterocycles. The molecule has 4 nitrogen and oxygen atoms in total. The standard InChI is InChI=1S/C11H17NO3.ClH/c1-11(2,3)10(12)9-7(14)4-6(13)5-8(9)15;/h4-5,10,13-15H,12H2,1-3H3;1H/t10-;/m0./s1. The molecule has 0 fully saturated rings. The van der Waals surface area contributed by atoms with E-state index >= 15 is 0 Å². The maximum absolute atomic E-state index is 9.61. The first-order chi connectivity index (χ1) is 6.73. The number of aromatic hydroxyl groups is 3. The van der Waals surface area contributed by atoms with Crippen LogP contribution in [0.1, 0.15) is 32.4 Å². The summed E-state index contributed by atoms with van der Waals surface area (Å²) < 4.78 is 0. The van der Waals surface area contributed by atoms with Gasteiger partial charge in [-0.3, -0.25) is 0 Å². The molecular weight excluding hydrogens is 230 g/mol. The van der Waals surface area contributed by atoms with Crippen LogP contribution in [0.4, 0.5) is 0 Å². The van der Waals surface area contributed by atoms with Crippen LogP contribution in [0, 0.1) is 5.41 Å². The zero-order chi connectivity index (χ0) is 11.8. The molecule has 0 aliphatic rings. The highest BCUT2D eigenvalue weighted by Crippen LogP contribution is 2.42. The van der Waals surface area contributed by atoms with Crippen molar-refractivity contribution >= 4 is 12.4 Å². The second-order valence-corrected chi connectivity index (χ2v) is 4.74. The molecule has 0 aromatic heterocycles. The zero-order valence-electron chi connectivity index (χ0n) is 9.56. The second kappa shape index (κ2) is 4.80. The lowest BCUT2D eigenvalue weighted by molar-refractivity contribution is 0.306. The molecule has 0 aliphatic carbocycles. The first kappa shape index (κ1) is 14.9. The number of hydrogen-bond donors (Lipinski definition) is 4. The third kappa shape index (κ3) is 2.93. The first-order valence-electron chi connectivity index (χ1n) is 4.74. The molecule has 0 amide bonds. The Kier molecular flexibility index (Phi) is 4.46. The molecule has 0 bridgehead atoms. The first-order valence-corrected chi connectivity index (χ1v) is 4.74. The fraction of sp³-hybridized carbons (Fsp3) is 0.455. The number of halogens is 1. The number of phenols is 3. The number of nitrogens with two attached hydrogens (primary N) is 1. The fourth-order valence-electron chi connectivity index (χ4n) is 1.36. The quantitative estimate of drug-likeness (QED) is 0.613. The summed E-state index contributed by atoms with van der Waals surface area (Å²) in [7, 11) is 0. The van der Waals surface area contributed by atoms with Crippen molar-refractivity contribution in [2.24, 2.45) is 11.1 Å². The van der Waals surface area contributed by atoms with Gasteiger partial charge in [0.2, 0.25) is 0 Å². The Bertz CT molecular complexity index is 351. The maximum atomic E-state index is 9.61. The van der Waals surface area contributed by atoms with Gasteiger partial charge in [0.15, 0.2) is 0 Å². The van der Waals surface area contributed by atoms with Crippen LogP contribution >= 0.6 is 12.4 Å². The smallest absolute Gasteiger partial charge is 0.127 e. The van der Waals surface area contributed by atoms with Gasteiger partial charge in [-0.1, -0.05) is 20.8 Å². The van der Waals surface area contributed by atoms with Crippen molar-refractivity contribution in [2.75, 3.05) is 0 Å². The lowest BCUT2D eigenvalue weighted by atomic mass is 9.82. The summed E-state index contributed by atoms with van der Waals surface area (Å²) in [4.78, 5) is 0. The molecule has 0 radical (unpaired) electrons. The van der Waals surface area contributed by atoms with E-state index in [9.17, 15) is 10.2 Å². The lowest BCUT2D eigenvalue weighted by Gasteiger charge is -2.28. The van der Waals surface area contributed by atoms with Crippen molar-refractivity contribution in [1.29, 1.82) is 0 Å². The van der Waals surface area contributed by atoms with Gasteiger partial charge < -0.3 is 21.1 Å². The second-order valence-electron chi connectivity index (χ2n) is 4.74. The van der Waals surface area contributed by atoms with Crippen LogP contribution in [0.25, 0.3) is 0 Å². The molecule has 0 aliphatic heterocycles. The van der Waals surface area contributed by atoms with Crippen LogP contribution in [0.15, 0.2) is 12.1 Å². The van der Waals surface area contributed by atoms with Crippen LogP contribution < -0.4 is 5.73 Å². The Hall–Kier alpha value is -1.13. The fourth-order valence-corrected chi connectivity index (χ4v) is 1.36. The average Bonchev–Trinajstić information content (AvgIpc) is 1.99. The summed E-state index contributed by atoms with van der Waals surface area (Å²) in [6.45, 7) is 5.72. The summed E-state index contributed by atoms with van der Waals surface area (Å²) in [6, 6.07) is 1.83. The summed E-state index contributed by atoms with van der Waals surface area (Å²) in [5, 5.41) is 28.4. The van der Waals surface area contributed by atoms with Gasteiger partial charge in [-0.2, -0.15) is 0 Å². The van der Waals surface area contributed by atoms with E-state index in [-0.39, 0.29) is 40.6 Å². The van der Waals surface area contributed by atoms with E-state index in [2.05, 4.69) is 0 Å². The van der Waals surface area contributed by atoms with Gasteiger partial charge in [0.1, 0.15) is 17.2 Å². The summed E-state index contributed by atoms with van der Waals surface area (Å²) in [6.07, 6.45) is 0. The molecule has 1 aromatic carbocycles. The van der Waals surface area contributed by atoms with Gasteiger partial charge in [0.05, 0.1) is 5.56 Å². The number of benzene rings is 1. The molecule has 0 saturated carbocycles. The van der Waals surface area contributed by atoms with Crippen molar-refractivity contribution in [3.05, 3.63) is 17.7 Å². The molecule has 5 N–H and O–H groups in total. The van der Waals surface area contributed by atoms with Crippen molar-refractivity contribution in [3.8, 4) is 17.2 Å². The van der Waals surface area contributed by atoms with Crippen molar-refractivity contribution in [1.82, 2.24) is 0 Å². The highest BCUT2D eigenvalue weighted by molar-refractivity contribution is 5.85. The third-order valence-corrected chi connectivity index (χ3v) is 2.37. The Morgan fingerprint density at radius 2 is 1.44 bits per heavy atom. The SMILES string of the molecule is CC(C)(C)[C@@H](N)c1c(O)cc(O)cc1O.Cl. The normalized spacial score (nSPS) is 13.0. The van der Waals surface area contributed by atoms with Crippen LogP contribution in [0.2, 0.25) is 0 Å². The van der Waals surface area contributed by atoms with E-state index in [1.807, 2.05) is 20.8 Å². The highest BCUT2D eigenvalue weighted by atomic mass is 35.5.